The number of rotatable bonds is 2. The fourth-order valence-electron chi connectivity index (χ4n) is 2.28. The molecule has 1 aromatic rings. The van der Waals surface area contributed by atoms with Gasteiger partial charge in [0.15, 0.2) is 0 Å². The topological polar surface area (TPSA) is 29.3 Å². The van der Waals surface area contributed by atoms with Crippen LogP contribution >= 0.6 is 12.4 Å². The molecule has 2 nitrogen and oxygen atoms in total. The zero-order chi connectivity index (χ0) is 11.1. The van der Waals surface area contributed by atoms with Gasteiger partial charge in [-0.25, -0.2) is 0 Å². The van der Waals surface area contributed by atoms with E-state index in [2.05, 4.69) is 43.9 Å². The molecule has 1 aliphatic heterocycles. The molecule has 0 bridgehead atoms. The molecule has 16 heavy (non-hydrogen) atoms. The second-order valence-electron chi connectivity index (χ2n) is 5.41. The van der Waals surface area contributed by atoms with E-state index in [9.17, 15) is 0 Å². The van der Waals surface area contributed by atoms with Gasteiger partial charge in [-0.2, -0.15) is 0 Å². The van der Waals surface area contributed by atoms with Crippen molar-refractivity contribution in [3.05, 3.63) is 34.9 Å². The molecule has 2 rings (SSSR count). The Labute approximate surface area is 104 Å². The van der Waals surface area contributed by atoms with E-state index < -0.39 is 0 Å². The van der Waals surface area contributed by atoms with Crippen molar-refractivity contribution >= 4 is 12.4 Å². The summed E-state index contributed by atoms with van der Waals surface area (Å²) in [6.45, 7) is 9.38. The first kappa shape index (κ1) is 13.5. The number of aryl methyl sites for hydroxylation is 1. The van der Waals surface area contributed by atoms with Crippen LogP contribution in [-0.2, 0) is 13.1 Å². The van der Waals surface area contributed by atoms with E-state index >= 15 is 0 Å². The van der Waals surface area contributed by atoms with Crippen molar-refractivity contribution in [2.45, 2.75) is 39.4 Å². The Morgan fingerprint density at radius 3 is 2.50 bits per heavy atom. The summed E-state index contributed by atoms with van der Waals surface area (Å²) in [4.78, 5) is 2.42. The summed E-state index contributed by atoms with van der Waals surface area (Å²) in [5.41, 5.74) is 10.2. The van der Waals surface area contributed by atoms with Gasteiger partial charge in [0, 0.05) is 25.2 Å². The lowest BCUT2D eigenvalue weighted by Gasteiger charge is -2.25. The van der Waals surface area contributed by atoms with Gasteiger partial charge < -0.3 is 5.73 Å². The van der Waals surface area contributed by atoms with Crippen LogP contribution in [0.1, 0.15) is 30.5 Å². The first-order valence-electron chi connectivity index (χ1n) is 5.54. The number of nitrogens with zero attached hydrogens (tertiary/aromatic N) is 1. The molecule has 1 aromatic carbocycles. The Bertz CT molecular complexity index is 369. The van der Waals surface area contributed by atoms with Crippen molar-refractivity contribution in [2.24, 2.45) is 5.73 Å². The third-order valence-electron chi connectivity index (χ3n) is 2.78. The highest BCUT2D eigenvalue weighted by Crippen LogP contribution is 2.24. The largest absolute Gasteiger partial charge is 0.324 e. The third kappa shape index (κ3) is 3.21. The highest BCUT2D eigenvalue weighted by molar-refractivity contribution is 5.85. The van der Waals surface area contributed by atoms with Gasteiger partial charge >= 0.3 is 0 Å². The summed E-state index contributed by atoms with van der Waals surface area (Å²) in [6, 6.07) is 6.73. The SMILES string of the molecule is Cc1ccc2c(c1)CN(CC(C)(C)N)C2.Cl. The Kier molecular flexibility index (Phi) is 4.00. The van der Waals surface area contributed by atoms with Crippen molar-refractivity contribution in [1.29, 1.82) is 0 Å². The summed E-state index contributed by atoms with van der Waals surface area (Å²) in [6.07, 6.45) is 0. The second-order valence-corrected chi connectivity index (χ2v) is 5.41. The summed E-state index contributed by atoms with van der Waals surface area (Å²) in [7, 11) is 0. The fourth-order valence-corrected chi connectivity index (χ4v) is 2.28. The third-order valence-corrected chi connectivity index (χ3v) is 2.78. The molecule has 3 heteroatoms. The second kappa shape index (κ2) is 4.74. The van der Waals surface area contributed by atoms with Gasteiger partial charge in [0.05, 0.1) is 0 Å². The summed E-state index contributed by atoms with van der Waals surface area (Å²) >= 11 is 0. The van der Waals surface area contributed by atoms with Gasteiger partial charge in [0.1, 0.15) is 0 Å². The molecule has 0 aromatic heterocycles. The Balaban J connectivity index is 0.00000128. The Morgan fingerprint density at radius 2 is 1.88 bits per heavy atom. The maximum atomic E-state index is 6.04. The van der Waals surface area contributed by atoms with E-state index in [-0.39, 0.29) is 17.9 Å². The molecule has 0 saturated carbocycles. The van der Waals surface area contributed by atoms with Crippen molar-refractivity contribution in [2.75, 3.05) is 6.54 Å². The zero-order valence-corrected chi connectivity index (χ0v) is 11.1. The van der Waals surface area contributed by atoms with Crippen LogP contribution in [0.25, 0.3) is 0 Å². The minimum absolute atomic E-state index is 0. The molecular formula is C13H21ClN2. The van der Waals surface area contributed by atoms with E-state index in [1.54, 1.807) is 0 Å². The van der Waals surface area contributed by atoms with Crippen molar-refractivity contribution in [3.63, 3.8) is 0 Å². The van der Waals surface area contributed by atoms with Gasteiger partial charge in [0.2, 0.25) is 0 Å². The smallest absolute Gasteiger partial charge is 0.0241 e. The molecule has 90 valence electrons. The summed E-state index contributed by atoms with van der Waals surface area (Å²) in [5.74, 6) is 0. The van der Waals surface area contributed by atoms with E-state index in [0.29, 0.717) is 0 Å². The normalized spacial score (nSPS) is 15.8. The molecular weight excluding hydrogens is 220 g/mol. The quantitative estimate of drug-likeness (QED) is 0.861. The average molecular weight is 241 g/mol. The molecule has 0 spiro atoms. The molecule has 0 atom stereocenters. The molecule has 0 aliphatic carbocycles. The van der Waals surface area contributed by atoms with Crippen molar-refractivity contribution in [1.82, 2.24) is 4.90 Å². The minimum atomic E-state index is -0.100. The molecule has 2 N–H and O–H groups in total. The monoisotopic (exact) mass is 240 g/mol. The number of benzene rings is 1. The maximum Gasteiger partial charge on any atom is 0.0241 e. The number of halogens is 1. The van der Waals surface area contributed by atoms with Crippen LogP contribution in [0.5, 0.6) is 0 Å². The first-order valence-corrected chi connectivity index (χ1v) is 5.54. The van der Waals surface area contributed by atoms with Gasteiger partial charge in [-0.15, -0.1) is 12.4 Å². The van der Waals surface area contributed by atoms with E-state index in [4.69, 9.17) is 5.73 Å². The van der Waals surface area contributed by atoms with Gasteiger partial charge in [0.25, 0.3) is 0 Å². The molecule has 0 amide bonds. The highest BCUT2D eigenvalue weighted by Gasteiger charge is 2.23. The van der Waals surface area contributed by atoms with Crippen LogP contribution < -0.4 is 5.73 Å². The van der Waals surface area contributed by atoms with Crippen molar-refractivity contribution < 1.29 is 0 Å². The standard InChI is InChI=1S/C13H20N2.ClH/c1-10-4-5-11-7-15(8-12(11)6-10)9-13(2,3)14;/h4-6H,7-9,14H2,1-3H3;1H. The van der Waals surface area contributed by atoms with Crippen LogP contribution in [0.4, 0.5) is 0 Å². The molecule has 0 saturated heterocycles. The lowest BCUT2D eigenvalue weighted by molar-refractivity contribution is 0.230. The number of hydrogen-bond donors (Lipinski definition) is 1. The van der Waals surface area contributed by atoms with Gasteiger partial charge in [-0.05, 0) is 31.9 Å². The predicted molar refractivity (Wildman–Crippen MR) is 70.8 cm³/mol. The first-order chi connectivity index (χ1) is 6.94. The molecule has 0 fully saturated rings. The lowest BCUT2D eigenvalue weighted by atomic mass is 10.1. The average Bonchev–Trinajstić information content (AvgIpc) is 2.42. The van der Waals surface area contributed by atoms with Gasteiger partial charge in [-0.3, -0.25) is 4.90 Å². The highest BCUT2D eigenvalue weighted by atomic mass is 35.5. The maximum absolute atomic E-state index is 6.04. The van der Waals surface area contributed by atoms with Crippen LogP contribution in [0.15, 0.2) is 18.2 Å². The summed E-state index contributed by atoms with van der Waals surface area (Å²) in [5, 5.41) is 0. The fraction of sp³-hybridized carbons (Fsp3) is 0.538. The number of nitrogens with two attached hydrogens (primary N) is 1. The Hall–Kier alpha value is -0.570. The lowest BCUT2D eigenvalue weighted by Crippen LogP contribution is -2.43. The molecule has 0 unspecified atom stereocenters. The van der Waals surface area contributed by atoms with Crippen LogP contribution in [-0.4, -0.2) is 17.0 Å². The minimum Gasteiger partial charge on any atom is -0.324 e. The van der Waals surface area contributed by atoms with E-state index in [1.807, 2.05) is 0 Å². The van der Waals surface area contributed by atoms with Crippen LogP contribution in [0.2, 0.25) is 0 Å². The van der Waals surface area contributed by atoms with Crippen LogP contribution in [0, 0.1) is 6.92 Å². The number of fused-ring (bicyclic) bond motifs is 1. The summed E-state index contributed by atoms with van der Waals surface area (Å²) < 4.78 is 0. The van der Waals surface area contributed by atoms with E-state index in [0.717, 1.165) is 19.6 Å². The van der Waals surface area contributed by atoms with Crippen LogP contribution in [0.3, 0.4) is 0 Å². The molecule has 1 heterocycles. The molecule has 0 radical (unpaired) electrons. The number of hydrogen-bond acceptors (Lipinski definition) is 2. The van der Waals surface area contributed by atoms with E-state index in [1.165, 1.54) is 16.7 Å². The van der Waals surface area contributed by atoms with Gasteiger partial charge in [-0.1, -0.05) is 23.8 Å². The Morgan fingerprint density at radius 1 is 1.25 bits per heavy atom. The zero-order valence-electron chi connectivity index (χ0n) is 10.3. The predicted octanol–water partition coefficient (Wildman–Crippen LogP) is 2.47. The van der Waals surface area contributed by atoms with Crippen molar-refractivity contribution in [3.8, 4) is 0 Å². The molecule has 1 aliphatic rings.